The van der Waals surface area contributed by atoms with E-state index < -0.39 is 46.8 Å². The average molecular weight is 444 g/mol. The van der Waals surface area contributed by atoms with Crippen molar-refractivity contribution in [3.63, 3.8) is 0 Å². The number of hydrogen-bond acceptors (Lipinski definition) is 7. The number of benzene rings is 2. The van der Waals surface area contributed by atoms with Crippen molar-refractivity contribution in [2.24, 2.45) is 17.3 Å². The molecule has 1 aliphatic carbocycles. The molecule has 1 aliphatic rings. The van der Waals surface area contributed by atoms with Gasteiger partial charge < -0.3 is 9.47 Å². The second kappa shape index (κ2) is 9.26. The molecule has 0 amide bonds. The molecule has 0 bridgehead atoms. The maximum Gasteiger partial charge on any atom is 0.316 e. The largest absolute Gasteiger partial charge is 0.468 e. The van der Waals surface area contributed by atoms with Crippen molar-refractivity contribution in [2.45, 2.75) is 25.7 Å². The summed E-state index contributed by atoms with van der Waals surface area (Å²) in [5, 5.41) is 20.9. The van der Waals surface area contributed by atoms with Crippen LogP contribution in [0, 0.1) is 53.8 Å². The number of nitrogens with zero attached hydrogens (tertiary/aromatic N) is 2. The number of esters is 2. The average Bonchev–Trinajstić information content (AvgIpc) is 2.83. The van der Waals surface area contributed by atoms with E-state index in [1.54, 1.807) is 48.5 Å². The molecule has 168 valence electrons. The van der Waals surface area contributed by atoms with Gasteiger partial charge in [-0.2, -0.15) is 10.5 Å². The number of aryl methyl sites for hydroxylation is 2. The van der Waals surface area contributed by atoms with Crippen LogP contribution in [0.1, 0.15) is 34.1 Å². The molecule has 0 N–H and O–H groups in total. The Morgan fingerprint density at radius 1 is 0.758 bits per heavy atom. The lowest BCUT2D eigenvalue weighted by Gasteiger charge is -2.46. The zero-order chi connectivity index (χ0) is 24.3. The Morgan fingerprint density at radius 3 is 1.36 bits per heavy atom. The van der Waals surface area contributed by atoms with Crippen LogP contribution in [0.5, 0.6) is 0 Å². The van der Waals surface area contributed by atoms with Crippen LogP contribution in [-0.4, -0.2) is 31.9 Å². The van der Waals surface area contributed by atoms with E-state index in [2.05, 4.69) is 12.1 Å². The number of Topliss-reactive ketones (excluding diaryl/α,β-unsaturated/α-hetero) is 1. The highest BCUT2D eigenvalue weighted by Crippen LogP contribution is 2.58. The van der Waals surface area contributed by atoms with Gasteiger partial charge in [0.15, 0.2) is 11.2 Å². The molecule has 1 fully saturated rings. The summed E-state index contributed by atoms with van der Waals surface area (Å²) in [5.74, 6) is -7.90. The first-order valence-electron chi connectivity index (χ1n) is 10.4. The molecule has 0 saturated heterocycles. The molecular weight excluding hydrogens is 420 g/mol. The van der Waals surface area contributed by atoms with E-state index in [1.807, 2.05) is 13.8 Å². The highest BCUT2D eigenvalue weighted by atomic mass is 16.5. The topological polar surface area (TPSA) is 117 Å². The molecule has 33 heavy (non-hydrogen) atoms. The fraction of sp³-hybridized carbons (Fsp3) is 0.346. The van der Waals surface area contributed by atoms with E-state index in [1.165, 1.54) is 0 Å². The minimum Gasteiger partial charge on any atom is -0.468 e. The zero-order valence-electron chi connectivity index (χ0n) is 18.9. The molecule has 0 aliphatic heterocycles. The lowest BCUT2D eigenvalue weighted by molar-refractivity contribution is -0.162. The van der Waals surface area contributed by atoms with Crippen molar-refractivity contribution in [2.75, 3.05) is 14.2 Å². The molecule has 0 heterocycles. The van der Waals surface area contributed by atoms with E-state index in [0.717, 1.165) is 25.3 Å². The summed E-state index contributed by atoms with van der Waals surface area (Å²) < 4.78 is 9.81. The Hall–Kier alpha value is -3.97. The van der Waals surface area contributed by atoms with Gasteiger partial charge in [0.2, 0.25) is 0 Å². The first-order chi connectivity index (χ1) is 15.7. The number of nitriles is 2. The van der Waals surface area contributed by atoms with E-state index >= 15 is 0 Å². The van der Waals surface area contributed by atoms with Crippen LogP contribution in [-0.2, 0) is 23.9 Å². The second-order valence-corrected chi connectivity index (χ2v) is 8.27. The Labute approximate surface area is 192 Å². The van der Waals surface area contributed by atoms with Crippen molar-refractivity contribution >= 4 is 17.7 Å². The Kier molecular flexibility index (Phi) is 6.65. The molecule has 1 saturated carbocycles. The molecule has 0 aromatic heterocycles. The Morgan fingerprint density at radius 2 is 1.09 bits per heavy atom. The maximum atomic E-state index is 13.7. The van der Waals surface area contributed by atoms with Crippen LogP contribution in [0.4, 0.5) is 0 Å². The third kappa shape index (κ3) is 3.87. The maximum absolute atomic E-state index is 13.7. The Balaban J connectivity index is 2.40. The van der Waals surface area contributed by atoms with Gasteiger partial charge >= 0.3 is 11.9 Å². The fourth-order valence-corrected chi connectivity index (χ4v) is 4.76. The predicted octanol–water partition coefficient (Wildman–Crippen LogP) is 3.37. The summed E-state index contributed by atoms with van der Waals surface area (Å²) in [7, 11) is 2.25. The molecule has 2 aromatic carbocycles. The SMILES string of the molecule is COC(=O)C1C(=O)C(C(=O)OC)C(c2ccc(C)cc2)C(C#N)(C#N)C1c1ccc(C)cc1. The number of methoxy groups -OCH3 is 2. The van der Waals surface area contributed by atoms with Gasteiger partial charge in [-0.25, -0.2) is 0 Å². The molecule has 2 aromatic rings. The van der Waals surface area contributed by atoms with Crippen molar-refractivity contribution < 1.29 is 23.9 Å². The van der Waals surface area contributed by atoms with Crippen molar-refractivity contribution in [1.82, 2.24) is 0 Å². The minimum atomic E-state index is -1.93. The fourth-order valence-electron chi connectivity index (χ4n) is 4.76. The van der Waals surface area contributed by atoms with Gasteiger partial charge in [0.1, 0.15) is 11.8 Å². The van der Waals surface area contributed by atoms with E-state index in [0.29, 0.717) is 11.1 Å². The third-order valence-corrected chi connectivity index (χ3v) is 6.41. The lowest BCUT2D eigenvalue weighted by Crippen LogP contribution is -2.55. The molecule has 0 spiro atoms. The second-order valence-electron chi connectivity index (χ2n) is 8.27. The first kappa shape index (κ1) is 23.7. The Bertz CT molecular complexity index is 1060. The van der Waals surface area contributed by atoms with Gasteiger partial charge in [0.05, 0.1) is 26.4 Å². The summed E-state index contributed by atoms with van der Waals surface area (Å²) >= 11 is 0. The molecule has 7 heteroatoms. The van der Waals surface area contributed by atoms with Crippen LogP contribution < -0.4 is 0 Å². The standard InChI is InChI=1S/C26H24N2O5/c1-15-5-9-17(10-6-15)21-19(24(30)32-3)23(29)20(25(31)33-4)22(26(21,13-27)14-28)18-11-7-16(2)8-12-18/h5-12,19-22H,1-4H3. The number of ketones is 1. The third-order valence-electron chi connectivity index (χ3n) is 6.41. The van der Waals surface area contributed by atoms with Crippen LogP contribution >= 0.6 is 0 Å². The van der Waals surface area contributed by atoms with Crippen molar-refractivity contribution in [1.29, 1.82) is 10.5 Å². The number of rotatable bonds is 4. The van der Waals surface area contributed by atoms with E-state index in [4.69, 9.17) is 9.47 Å². The molecule has 3 rings (SSSR count). The zero-order valence-corrected chi connectivity index (χ0v) is 18.9. The first-order valence-corrected chi connectivity index (χ1v) is 10.4. The van der Waals surface area contributed by atoms with Crippen LogP contribution in [0.15, 0.2) is 48.5 Å². The van der Waals surface area contributed by atoms with E-state index in [9.17, 15) is 24.9 Å². The van der Waals surface area contributed by atoms with Crippen LogP contribution in [0.25, 0.3) is 0 Å². The van der Waals surface area contributed by atoms with Crippen molar-refractivity contribution in [3.8, 4) is 12.1 Å². The summed E-state index contributed by atoms with van der Waals surface area (Å²) in [5.41, 5.74) is 0.853. The van der Waals surface area contributed by atoms with Crippen LogP contribution in [0.3, 0.4) is 0 Å². The molecule has 4 atom stereocenters. The van der Waals surface area contributed by atoms with Crippen molar-refractivity contribution in [3.05, 3.63) is 70.8 Å². The van der Waals surface area contributed by atoms with Gasteiger partial charge in [0, 0.05) is 11.8 Å². The number of ether oxygens (including phenoxy) is 2. The van der Waals surface area contributed by atoms with Gasteiger partial charge in [-0.3, -0.25) is 14.4 Å². The summed E-state index contributed by atoms with van der Waals surface area (Å²) in [4.78, 5) is 39.5. The molecule has 7 nitrogen and oxygen atoms in total. The van der Waals surface area contributed by atoms with Gasteiger partial charge in [-0.05, 0) is 25.0 Å². The minimum absolute atomic E-state index is 0.466. The van der Waals surface area contributed by atoms with E-state index in [-0.39, 0.29) is 0 Å². The number of carbonyl (C=O) groups is 3. The smallest absolute Gasteiger partial charge is 0.316 e. The van der Waals surface area contributed by atoms with Gasteiger partial charge in [-0.1, -0.05) is 59.7 Å². The molecule has 4 unspecified atom stereocenters. The quantitative estimate of drug-likeness (QED) is 0.524. The summed E-state index contributed by atoms with van der Waals surface area (Å²) in [6.45, 7) is 3.75. The predicted molar refractivity (Wildman–Crippen MR) is 118 cm³/mol. The summed E-state index contributed by atoms with van der Waals surface area (Å²) in [6.07, 6.45) is 0. The molecular formula is C26H24N2O5. The number of carbonyl (C=O) groups excluding carboxylic acids is 3. The monoisotopic (exact) mass is 444 g/mol. The van der Waals surface area contributed by atoms with Gasteiger partial charge in [-0.15, -0.1) is 0 Å². The molecule has 0 radical (unpaired) electrons. The summed E-state index contributed by atoms with van der Waals surface area (Å²) in [6, 6.07) is 18.1. The highest BCUT2D eigenvalue weighted by molar-refractivity contribution is 6.11. The number of hydrogen-bond donors (Lipinski definition) is 0. The van der Waals surface area contributed by atoms with Crippen LogP contribution in [0.2, 0.25) is 0 Å². The lowest BCUT2D eigenvalue weighted by atomic mass is 9.50. The normalized spacial score (nSPS) is 23.6. The van der Waals surface area contributed by atoms with Gasteiger partial charge in [0.25, 0.3) is 0 Å². The highest BCUT2D eigenvalue weighted by Gasteiger charge is 2.65.